The smallest absolute Gasteiger partial charge is 0.303 e. The second kappa shape index (κ2) is 15.2. The third kappa shape index (κ3) is 8.03. The van der Waals surface area contributed by atoms with Gasteiger partial charge in [0.2, 0.25) is 5.69 Å². The van der Waals surface area contributed by atoms with E-state index in [1.165, 1.54) is 36.4 Å². The molecule has 5 N–H and O–H groups in total. The van der Waals surface area contributed by atoms with Crippen LogP contribution in [0, 0.1) is 11.3 Å². The maximum atomic E-state index is 12.4. The Bertz CT molecular complexity index is 3150. The SMILES string of the molecule is CC1(C)C(=C2CC23C(Oc2ccc(CCC(=O)O)cc2)=C2CCC3C=C2C2=[N+](CCS(=O)(=O)O)c3ccc(S(=O)(=O)O)cc3C2(C)C)N(CCS(=O)(=O)O)c2ccc(S(=O)(=O)O)cc21. The highest BCUT2D eigenvalue weighted by Crippen LogP contribution is 2.72. The molecular weight excluding hydrogens is 913 g/mol. The number of nitrogens with zero attached hydrogens (tertiary/aromatic N) is 2. The van der Waals surface area contributed by atoms with E-state index in [1.807, 2.05) is 27.7 Å². The topological polar surface area (TPSA) is 270 Å². The molecule has 1 fully saturated rings. The fraction of sp³-hybridized carbons (Fsp3) is 0.395. The molecule has 2 atom stereocenters. The number of carboxylic acid groups (broad SMARTS) is 1. The molecule has 2 unspecified atom stereocenters. The van der Waals surface area contributed by atoms with Crippen molar-refractivity contribution in [3.63, 3.8) is 0 Å². The van der Waals surface area contributed by atoms with Gasteiger partial charge in [0.15, 0.2) is 12.3 Å². The van der Waals surface area contributed by atoms with E-state index in [4.69, 9.17) is 4.74 Å². The van der Waals surface area contributed by atoms with E-state index >= 15 is 0 Å². The molecule has 1 saturated carbocycles. The van der Waals surface area contributed by atoms with Gasteiger partial charge in [0.25, 0.3) is 40.5 Å². The number of anilines is 1. The van der Waals surface area contributed by atoms with Gasteiger partial charge in [-0.3, -0.25) is 23.0 Å². The van der Waals surface area contributed by atoms with E-state index in [-0.39, 0.29) is 41.6 Å². The van der Waals surface area contributed by atoms with Crippen LogP contribution in [0.3, 0.4) is 0 Å². The summed E-state index contributed by atoms with van der Waals surface area (Å²) in [6.45, 7) is 6.97. The second-order valence-corrected chi connectivity index (χ2v) is 23.9. The van der Waals surface area contributed by atoms with Gasteiger partial charge >= 0.3 is 5.97 Å². The van der Waals surface area contributed by atoms with E-state index in [1.54, 1.807) is 33.7 Å². The first-order chi connectivity index (χ1) is 29.5. The summed E-state index contributed by atoms with van der Waals surface area (Å²) in [4.78, 5) is 12.3. The monoisotopic (exact) mass is 959 g/mol. The first-order valence-corrected chi connectivity index (χ1v) is 26.4. The first-order valence-electron chi connectivity index (χ1n) is 20.3. The van der Waals surface area contributed by atoms with Crippen molar-refractivity contribution in [3.8, 4) is 5.75 Å². The molecule has 4 aliphatic carbocycles. The number of aryl methyl sites for hydroxylation is 1. The van der Waals surface area contributed by atoms with Crippen molar-refractivity contribution in [3.05, 3.63) is 112 Å². The number of carbonyl (C=O) groups is 1. The van der Waals surface area contributed by atoms with E-state index in [0.29, 0.717) is 70.3 Å². The standard InChI is InChI=1S/C43H46N2O15S4/c1-41(2)32-22-28(63(54,55)56)11-14-35(32)44(17-19-61(48,49)50)38(41)31-21-26-8-13-30(31)40(60-27-9-5-25(6-10-27)7-16-37(46)47)43(26)24-34(43)39-42(3,4)33-23-29(64(57,58)59)12-15-36(33)45(39)18-20-62(51,52)53/h5-6,9-12,14-15,21-23,26H,7-8,13,16-20,24H2,1-4H3,(H4-,46,47,48,49,50,51,52,53,54,55,56,57,58,59)/p+1. The summed E-state index contributed by atoms with van der Waals surface area (Å²) < 4.78 is 147. The van der Waals surface area contributed by atoms with Crippen LogP contribution in [0.4, 0.5) is 11.4 Å². The largest absolute Gasteiger partial charge is 0.481 e. The minimum atomic E-state index is -4.65. The van der Waals surface area contributed by atoms with Gasteiger partial charge in [0.05, 0.1) is 26.4 Å². The zero-order valence-electron chi connectivity index (χ0n) is 35.1. The van der Waals surface area contributed by atoms with E-state index in [2.05, 4.69) is 6.08 Å². The van der Waals surface area contributed by atoms with Gasteiger partial charge < -0.3 is 14.7 Å². The molecule has 0 radical (unpaired) electrons. The predicted molar refractivity (Wildman–Crippen MR) is 233 cm³/mol. The Hall–Kier alpha value is -4.74. The Kier molecular flexibility index (Phi) is 10.9. The summed E-state index contributed by atoms with van der Waals surface area (Å²) >= 11 is 0. The van der Waals surface area contributed by atoms with Crippen LogP contribution in [0.15, 0.2) is 105 Å². The molecule has 342 valence electrons. The highest BCUT2D eigenvalue weighted by molar-refractivity contribution is 7.86. The molecule has 0 amide bonds. The van der Waals surface area contributed by atoms with Crippen LogP contribution in [0.5, 0.6) is 5.75 Å². The lowest BCUT2D eigenvalue weighted by molar-refractivity contribution is -0.432. The van der Waals surface area contributed by atoms with Crippen molar-refractivity contribution in [2.75, 3.05) is 29.5 Å². The van der Waals surface area contributed by atoms with Crippen molar-refractivity contribution in [1.29, 1.82) is 0 Å². The van der Waals surface area contributed by atoms with E-state index in [9.17, 15) is 61.8 Å². The van der Waals surface area contributed by atoms with Gasteiger partial charge in [-0.2, -0.15) is 38.2 Å². The number of hydrogen-bond donors (Lipinski definition) is 5. The molecule has 0 saturated heterocycles. The molecule has 17 nitrogen and oxygen atoms in total. The Morgan fingerprint density at radius 2 is 1.41 bits per heavy atom. The molecule has 64 heavy (non-hydrogen) atoms. The molecule has 1 spiro atoms. The molecule has 6 aliphatic rings. The third-order valence-electron chi connectivity index (χ3n) is 13.2. The molecule has 3 aromatic carbocycles. The number of benzene rings is 3. The molecule has 21 heteroatoms. The highest BCUT2D eigenvalue weighted by atomic mass is 32.2. The van der Waals surface area contributed by atoms with Gasteiger partial charge in [-0.05, 0) is 105 Å². The van der Waals surface area contributed by atoms with Gasteiger partial charge in [-0.15, -0.1) is 0 Å². The van der Waals surface area contributed by atoms with E-state index in [0.717, 1.165) is 16.7 Å². The molecule has 3 aromatic rings. The van der Waals surface area contributed by atoms with Gasteiger partial charge in [0, 0.05) is 52.5 Å². The summed E-state index contributed by atoms with van der Waals surface area (Å²) in [5, 5.41) is 9.26. The normalized spacial score (nSPS) is 23.4. The fourth-order valence-corrected chi connectivity index (χ4v) is 12.2. The average molecular weight is 960 g/mol. The fourth-order valence-electron chi connectivity index (χ4n) is 10.3. The van der Waals surface area contributed by atoms with Crippen LogP contribution in [0.2, 0.25) is 0 Å². The number of hydrogen-bond acceptors (Lipinski definition) is 11. The predicted octanol–water partition coefficient (Wildman–Crippen LogP) is 5.47. The van der Waals surface area contributed by atoms with Gasteiger partial charge in [-0.25, -0.2) is 0 Å². The minimum Gasteiger partial charge on any atom is -0.481 e. The first kappa shape index (κ1) is 45.8. The quantitative estimate of drug-likeness (QED) is 0.0990. The Morgan fingerprint density at radius 1 is 0.797 bits per heavy atom. The zero-order chi connectivity index (χ0) is 46.7. The molecule has 2 heterocycles. The van der Waals surface area contributed by atoms with Crippen molar-refractivity contribution in [2.45, 2.75) is 80.4 Å². The summed E-state index contributed by atoms with van der Waals surface area (Å²) in [5.41, 5.74) is 3.32. The van der Waals surface area contributed by atoms with E-state index < -0.39 is 74.2 Å². The third-order valence-corrected chi connectivity index (χ3v) is 16.3. The number of allylic oxidation sites excluding steroid dienone is 5. The lowest BCUT2D eigenvalue weighted by Crippen LogP contribution is -2.40. The Balaban J connectivity index is 1.34. The summed E-state index contributed by atoms with van der Waals surface area (Å²) in [6, 6.07) is 15.1. The van der Waals surface area contributed by atoms with Crippen LogP contribution < -0.4 is 9.64 Å². The number of aliphatic carboxylic acids is 1. The number of rotatable bonds is 14. The van der Waals surface area contributed by atoms with Crippen LogP contribution in [0.25, 0.3) is 0 Å². The van der Waals surface area contributed by atoms with Crippen molar-refractivity contribution in [1.82, 2.24) is 0 Å². The molecule has 9 rings (SSSR count). The minimum absolute atomic E-state index is 0.0834. The lowest BCUT2D eigenvalue weighted by atomic mass is 9.64. The van der Waals surface area contributed by atoms with Crippen LogP contribution in [-0.4, -0.2) is 97.8 Å². The molecule has 2 aliphatic heterocycles. The van der Waals surface area contributed by atoms with Crippen LogP contribution in [-0.2, 0) is 62.5 Å². The summed E-state index contributed by atoms with van der Waals surface area (Å²) in [7, 11) is -18.3. The second-order valence-electron chi connectivity index (χ2n) is 17.9. The highest BCUT2D eigenvalue weighted by Gasteiger charge is 2.67. The van der Waals surface area contributed by atoms with Crippen LogP contribution in [0.1, 0.15) is 70.1 Å². The summed E-state index contributed by atoms with van der Waals surface area (Å²) in [6.07, 6.45) is 3.76. The molecular formula is C43H47N2O15S4+. The maximum absolute atomic E-state index is 12.4. The number of ether oxygens (including phenoxy) is 1. The molecule has 2 bridgehead atoms. The van der Waals surface area contributed by atoms with Crippen LogP contribution >= 0.6 is 0 Å². The van der Waals surface area contributed by atoms with Gasteiger partial charge in [0.1, 0.15) is 17.3 Å². The van der Waals surface area contributed by atoms with Crippen molar-refractivity contribution in [2.24, 2.45) is 11.3 Å². The number of carboxylic acids is 1. The lowest BCUT2D eigenvalue weighted by Gasteiger charge is -2.41. The van der Waals surface area contributed by atoms with Crippen molar-refractivity contribution < 1.29 is 71.1 Å². The molecule has 0 aromatic heterocycles. The Labute approximate surface area is 371 Å². The number of fused-ring (bicyclic) bond motifs is 3. The summed E-state index contributed by atoms with van der Waals surface area (Å²) in [5.74, 6) is -1.65. The van der Waals surface area contributed by atoms with Crippen molar-refractivity contribution >= 4 is 63.5 Å². The van der Waals surface area contributed by atoms with Gasteiger partial charge in [-0.1, -0.05) is 32.1 Å². The zero-order valence-corrected chi connectivity index (χ0v) is 38.4. The average Bonchev–Trinajstić information content (AvgIpc) is 3.78. The maximum Gasteiger partial charge on any atom is 0.303 e. The Morgan fingerprint density at radius 3 is 2.00 bits per heavy atom.